The largest absolute Gasteiger partial charge is 0.497 e. The second-order valence-corrected chi connectivity index (χ2v) is 9.25. The minimum Gasteiger partial charge on any atom is -0.497 e. The van der Waals surface area contributed by atoms with E-state index in [1.54, 1.807) is 25.6 Å². The molecule has 2 N–H and O–H groups in total. The number of aliphatic carboxylic acids is 1. The van der Waals surface area contributed by atoms with Gasteiger partial charge in [-0.05, 0) is 85.9 Å². The maximum Gasteiger partial charge on any atom is 0.303 e. The zero-order chi connectivity index (χ0) is 25.3. The molecule has 3 heterocycles. The van der Waals surface area contributed by atoms with E-state index in [4.69, 9.17) is 4.74 Å². The molecule has 8 nitrogen and oxygen atoms in total. The lowest BCUT2D eigenvalue weighted by atomic mass is 9.79. The molecule has 0 aliphatic carbocycles. The van der Waals surface area contributed by atoms with Crippen LogP contribution in [0.1, 0.15) is 49.5 Å². The fourth-order valence-electron chi connectivity index (χ4n) is 5.01. The van der Waals surface area contributed by atoms with Crippen molar-refractivity contribution in [3.63, 3.8) is 0 Å². The van der Waals surface area contributed by atoms with Gasteiger partial charge in [0, 0.05) is 30.7 Å². The van der Waals surface area contributed by atoms with Crippen LogP contribution in [-0.4, -0.2) is 62.8 Å². The van der Waals surface area contributed by atoms with Crippen molar-refractivity contribution in [1.29, 1.82) is 0 Å². The second kappa shape index (κ2) is 12.4. The van der Waals surface area contributed by atoms with Crippen molar-refractivity contribution in [2.24, 2.45) is 11.8 Å². The lowest BCUT2D eigenvalue weighted by Gasteiger charge is -2.38. The number of hydrogen-bond acceptors (Lipinski definition) is 7. The van der Waals surface area contributed by atoms with E-state index in [2.05, 4.69) is 31.7 Å². The van der Waals surface area contributed by atoms with Crippen molar-refractivity contribution in [2.45, 2.75) is 38.2 Å². The predicted molar refractivity (Wildman–Crippen MR) is 136 cm³/mol. The SMILES string of the molecule is COc1ccc2nccc([C@H](O)CC[C@@H]3CCN(CC#Cc4ccncn4)C[C@H]3CCC(=O)O)c2c1. The van der Waals surface area contributed by atoms with Crippen molar-refractivity contribution in [2.75, 3.05) is 26.7 Å². The van der Waals surface area contributed by atoms with E-state index in [-0.39, 0.29) is 12.3 Å². The highest BCUT2D eigenvalue weighted by atomic mass is 16.5. The van der Waals surface area contributed by atoms with Gasteiger partial charge in [0.05, 0.1) is 25.3 Å². The molecule has 0 spiro atoms. The molecule has 0 saturated carbocycles. The molecule has 1 saturated heterocycles. The van der Waals surface area contributed by atoms with E-state index >= 15 is 0 Å². The lowest BCUT2D eigenvalue weighted by molar-refractivity contribution is -0.137. The van der Waals surface area contributed by atoms with Crippen LogP contribution < -0.4 is 4.74 Å². The first-order valence-corrected chi connectivity index (χ1v) is 12.3. The van der Waals surface area contributed by atoms with E-state index in [9.17, 15) is 15.0 Å². The fourth-order valence-corrected chi connectivity index (χ4v) is 5.01. The number of benzene rings is 1. The zero-order valence-corrected chi connectivity index (χ0v) is 20.5. The van der Waals surface area contributed by atoms with Crippen LogP contribution in [0.5, 0.6) is 5.75 Å². The topological polar surface area (TPSA) is 109 Å². The number of fused-ring (bicyclic) bond motifs is 1. The van der Waals surface area contributed by atoms with Crippen molar-refractivity contribution >= 4 is 16.9 Å². The van der Waals surface area contributed by atoms with Crippen molar-refractivity contribution in [3.8, 4) is 17.6 Å². The van der Waals surface area contributed by atoms with Crippen LogP contribution in [-0.2, 0) is 4.79 Å². The summed E-state index contributed by atoms with van der Waals surface area (Å²) in [6.45, 7) is 2.33. The zero-order valence-electron chi connectivity index (χ0n) is 20.5. The summed E-state index contributed by atoms with van der Waals surface area (Å²) in [6.07, 6.45) is 7.43. The number of carboxylic acids is 1. The highest BCUT2D eigenvalue weighted by molar-refractivity contribution is 5.83. The van der Waals surface area contributed by atoms with E-state index in [0.717, 1.165) is 48.1 Å². The van der Waals surface area contributed by atoms with Gasteiger partial charge >= 0.3 is 5.97 Å². The number of aliphatic hydroxyl groups excluding tert-OH is 1. The van der Waals surface area contributed by atoms with Crippen LogP contribution >= 0.6 is 0 Å². The molecular weight excluding hydrogens is 456 g/mol. The minimum atomic E-state index is -0.772. The maximum absolute atomic E-state index is 11.3. The number of piperidine rings is 1. The molecule has 0 radical (unpaired) electrons. The average Bonchev–Trinajstić information content (AvgIpc) is 2.91. The number of rotatable bonds is 9. The second-order valence-electron chi connectivity index (χ2n) is 9.25. The number of carbonyl (C=O) groups is 1. The standard InChI is InChI=1S/C28H32N4O4/c1-36-23-6-7-26-25(17-23)24(11-14-30-26)27(33)8-4-20-12-16-32(18-21(20)5-9-28(34)35)15-2-3-22-10-13-29-19-31-22/h6-7,10-11,13-14,17,19-21,27,33H,4-5,8-9,12,15-16,18H2,1H3,(H,34,35)/t20-,21-,27-/m1/s1. The van der Waals surface area contributed by atoms with Crippen LogP contribution in [0.25, 0.3) is 10.9 Å². The summed E-state index contributed by atoms with van der Waals surface area (Å²) in [5.41, 5.74) is 2.36. The monoisotopic (exact) mass is 488 g/mol. The number of aromatic nitrogens is 3. The van der Waals surface area contributed by atoms with Gasteiger partial charge < -0.3 is 14.9 Å². The van der Waals surface area contributed by atoms with Gasteiger partial charge in [-0.1, -0.05) is 5.92 Å². The predicted octanol–water partition coefficient (Wildman–Crippen LogP) is 3.70. The number of pyridine rings is 1. The third-order valence-corrected chi connectivity index (χ3v) is 6.96. The molecule has 1 aromatic carbocycles. The molecule has 3 atom stereocenters. The first-order valence-electron chi connectivity index (χ1n) is 12.3. The van der Waals surface area contributed by atoms with Gasteiger partial charge in [0.15, 0.2) is 0 Å². The number of ether oxygens (including phenoxy) is 1. The third kappa shape index (κ3) is 6.78. The van der Waals surface area contributed by atoms with Crippen LogP contribution in [0.4, 0.5) is 0 Å². The lowest BCUT2D eigenvalue weighted by Crippen LogP contribution is -2.41. The molecule has 1 aliphatic rings. The van der Waals surface area contributed by atoms with Crippen LogP contribution in [0.3, 0.4) is 0 Å². The molecule has 0 bridgehead atoms. The van der Waals surface area contributed by atoms with Gasteiger partial charge in [0.2, 0.25) is 0 Å². The summed E-state index contributed by atoms with van der Waals surface area (Å²) in [6, 6.07) is 9.33. The Balaban J connectivity index is 1.39. The molecule has 0 unspecified atom stereocenters. The molecule has 1 aliphatic heterocycles. The molecule has 188 valence electrons. The normalized spacial score (nSPS) is 18.8. The molecule has 36 heavy (non-hydrogen) atoms. The van der Waals surface area contributed by atoms with E-state index in [1.165, 1.54) is 6.33 Å². The Morgan fingerprint density at radius 3 is 2.86 bits per heavy atom. The Kier molecular flexibility index (Phi) is 8.82. The van der Waals surface area contributed by atoms with Crippen LogP contribution in [0.2, 0.25) is 0 Å². The van der Waals surface area contributed by atoms with Crippen LogP contribution in [0, 0.1) is 23.7 Å². The first kappa shape index (κ1) is 25.5. The number of aliphatic hydroxyl groups is 1. The maximum atomic E-state index is 11.3. The molecular formula is C28H32N4O4. The van der Waals surface area contributed by atoms with Gasteiger partial charge in [-0.15, -0.1) is 0 Å². The Morgan fingerprint density at radius 2 is 2.08 bits per heavy atom. The van der Waals surface area contributed by atoms with E-state index in [1.807, 2.05) is 24.3 Å². The molecule has 3 aromatic rings. The summed E-state index contributed by atoms with van der Waals surface area (Å²) in [5, 5.41) is 21.3. The Hall–Kier alpha value is -3.54. The third-order valence-electron chi connectivity index (χ3n) is 6.96. The molecule has 0 amide bonds. The van der Waals surface area contributed by atoms with Gasteiger partial charge in [0.25, 0.3) is 0 Å². The van der Waals surface area contributed by atoms with E-state index < -0.39 is 12.1 Å². The number of hydrogen-bond donors (Lipinski definition) is 2. The minimum absolute atomic E-state index is 0.152. The van der Waals surface area contributed by atoms with Crippen molar-refractivity contribution in [1.82, 2.24) is 19.9 Å². The van der Waals surface area contributed by atoms with Gasteiger partial charge in [-0.25, -0.2) is 9.97 Å². The first-order chi connectivity index (χ1) is 17.5. The smallest absolute Gasteiger partial charge is 0.303 e. The highest BCUT2D eigenvalue weighted by Crippen LogP contribution is 2.35. The van der Waals surface area contributed by atoms with Crippen molar-refractivity contribution in [3.05, 3.63) is 60.3 Å². The van der Waals surface area contributed by atoms with E-state index in [0.29, 0.717) is 31.0 Å². The molecule has 4 rings (SSSR count). The Morgan fingerprint density at radius 1 is 1.19 bits per heavy atom. The number of likely N-dealkylation sites (tertiary alicyclic amines) is 1. The highest BCUT2D eigenvalue weighted by Gasteiger charge is 2.29. The fraction of sp³-hybridized carbons (Fsp3) is 0.429. The number of methoxy groups -OCH3 is 1. The van der Waals surface area contributed by atoms with Gasteiger partial charge in [0.1, 0.15) is 17.8 Å². The van der Waals surface area contributed by atoms with Gasteiger partial charge in [-0.2, -0.15) is 0 Å². The van der Waals surface area contributed by atoms with Crippen LogP contribution in [0.15, 0.2) is 49.1 Å². The molecule has 8 heteroatoms. The quantitative estimate of drug-likeness (QED) is 0.439. The summed E-state index contributed by atoms with van der Waals surface area (Å²) < 4.78 is 5.36. The van der Waals surface area contributed by atoms with Crippen molar-refractivity contribution < 1.29 is 19.7 Å². The summed E-state index contributed by atoms with van der Waals surface area (Å²) in [5.74, 6) is 6.81. The molecule has 2 aromatic heterocycles. The Labute approximate surface area is 211 Å². The number of carboxylic acid groups (broad SMARTS) is 1. The Bertz CT molecular complexity index is 1220. The average molecular weight is 489 g/mol. The number of nitrogens with zero attached hydrogens (tertiary/aromatic N) is 4. The summed E-state index contributed by atoms with van der Waals surface area (Å²) in [4.78, 5) is 26.0. The van der Waals surface area contributed by atoms with Gasteiger partial charge in [-0.3, -0.25) is 14.7 Å². The summed E-state index contributed by atoms with van der Waals surface area (Å²) >= 11 is 0. The summed E-state index contributed by atoms with van der Waals surface area (Å²) in [7, 11) is 1.62. The molecule has 1 fully saturated rings.